The molecule has 3 fully saturated rings. The molecule has 98 valence electrons. The fourth-order valence-electron chi connectivity index (χ4n) is 3.72. The third kappa shape index (κ3) is 3.74. The van der Waals surface area contributed by atoms with E-state index in [2.05, 4.69) is 9.80 Å². The first-order valence-electron chi connectivity index (χ1n) is 7.55. The second-order valence-corrected chi connectivity index (χ2v) is 6.00. The van der Waals surface area contributed by atoms with Crippen molar-refractivity contribution in [3.63, 3.8) is 0 Å². The van der Waals surface area contributed by atoms with Gasteiger partial charge in [-0.05, 0) is 51.9 Å². The van der Waals surface area contributed by atoms with Gasteiger partial charge in [-0.1, -0.05) is 12.8 Å². The number of rotatable bonds is 4. The van der Waals surface area contributed by atoms with E-state index in [1.54, 1.807) is 0 Å². The Morgan fingerprint density at radius 1 is 0.889 bits per heavy atom. The quantitative estimate of drug-likeness (QED) is 0.596. The molecule has 3 heterocycles. The number of likely N-dealkylation sites (tertiary alicyclic amines) is 2. The Morgan fingerprint density at radius 2 is 1.72 bits per heavy atom. The van der Waals surface area contributed by atoms with Crippen LogP contribution < -0.4 is 18.9 Å². The van der Waals surface area contributed by atoms with Gasteiger partial charge in [0.25, 0.3) is 0 Å². The maximum Gasteiger partial charge on any atom is 1.00 e. The van der Waals surface area contributed by atoms with Crippen molar-refractivity contribution in [3.8, 4) is 0 Å². The number of hydrogen-bond acceptors (Lipinski definition) is 2. The van der Waals surface area contributed by atoms with Crippen LogP contribution in [0.4, 0.5) is 0 Å². The van der Waals surface area contributed by atoms with Crippen molar-refractivity contribution in [3.05, 3.63) is 5.32 Å². The molecule has 3 aliphatic heterocycles. The Hall–Kier alpha value is 0.477. The Bertz CT molecular complexity index is 213. The average Bonchev–Trinajstić information content (AvgIpc) is 3.04. The van der Waals surface area contributed by atoms with E-state index in [9.17, 15) is 0 Å². The van der Waals surface area contributed by atoms with E-state index in [1.165, 1.54) is 71.2 Å². The minimum atomic E-state index is 0. The molecule has 0 aromatic carbocycles. The molecule has 3 rings (SSSR count). The molecule has 3 nitrogen and oxygen atoms in total. The molecule has 3 aliphatic rings. The molecule has 0 aliphatic carbocycles. The molecule has 0 unspecified atom stereocenters. The molecule has 0 N–H and O–H groups in total. The van der Waals surface area contributed by atoms with Crippen LogP contribution in [0.5, 0.6) is 0 Å². The summed E-state index contributed by atoms with van der Waals surface area (Å²) >= 11 is 0. The van der Waals surface area contributed by atoms with Gasteiger partial charge in [0.1, 0.15) is 0 Å². The SMILES string of the molecule is C1C[N-][C@H](CN2CCC[C@H]2CN2CCCC2)C1.[Li+]. The van der Waals surface area contributed by atoms with Gasteiger partial charge in [-0.15, -0.1) is 12.6 Å². The fraction of sp³-hybridized carbons (Fsp3) is 1.00. The fourth-order valence-corrected chi connectivity index (χ4v) is 3.72. The maximum absolute atomic E-state index is 4.71. The zero-order valence-corrected chi connectivity index (χ0v) is 12.0. The summed E-state index contributed by atoms with van der Waals surface area (Å²) in [4.78, 5) is 5.41. The van der Waals surface area contributed by atoms with Gasteiger partial charge in [0.2, 0.25) is 0 Å². The average molecular weight is 243 g/mol. The Morgan fingerprint density at radius 3 is 2.44 bits per heavy atom. The molecular formula is C14H26LiN3. The van der Waals surface area contributed by atoms with Crippen LogP contribution in [0.2, 0.25) is 0 Å². The van der Waals surface area contributed by atoms with Crippen LogP contribution in [0.1, 0.15) is 38.5 Å². The van der Waals surface area contributed by atoms with Gasteiger partial charge in [-0.3, -0.25) is 0 Å². The van der Waals surface area contributed by atoms with Crippen molar-refractivity contribution in [1.82, 2.24) is 9.80 Å². The van der Waals surface area contributed by atoms with E-state index >= 15 is 0 Å². The van der Waals surface area contributed by atoms with Crippen LogP contribution in [0.15, 0.2) is 0 Å². The minimum Gasteiger partial charge on any atom is -0.658 e. The molecule has 0 aromatic rings. The van der Waals surface area contributed by atoms with E-state index in [0.29, 0.717) is 6.04 Å². The molecule has 0 spiro atoms. The Labute approximate surface area is 124 Å². The van der Waals surface area contributed by atoms with E-state index in [0.717, 1.165) is 12.6 Å². The summed E-state index contributed by atoms with van der Waals surface area (Å²) in [6.07, 6.45) is 8.34. The summed E-state index contributed by atoms with van der Waals surface area (Å²) in [6.45, 7) is 7.71. The van der Waals surface area contributed by atoms with E-state index < -0.39 is 0 Å². The van der Waals surface area contributed by atoms with Gasteiger partial charge in [0.05, 0.1) is 0 Å². The van der Waals surface area contributed by atoms with Crippen molar-refractivity contribution in [2.24, 2.45) is 0 Å². The molecule has 3 saturated heterocycles. The van der Waals surface area contributed by atoms with Crippen LogP contribution in [0.25, 0.3) is 5.32 Å². The Balaban J connectivity index is 0.00000120. The molecular weight excluding hydrogens is 217 g/mol. The van der Waals surface area contributed by atoms with Gasteiger partial charge >= 0.3 is 18.9 Å². The monoisotopic (exact) mass is 243 g/mol. The van der Waals surface area contributed by atoms with Crippen LogP contribution in [0, 0.1) is 0 Å². The standard InChI is InChI=1S/C14H26N3.Li/c1-2-9-16(8-1)12-14-6-4-10-17(14)11-13-5-3-7-15-13;/h13-14H,1-12H2;/q-1;+1/t13-,14-;/m0./s1. The van der Waals surface area contributed by atoms with Crippen LogP contribution in [0.3, 0.4) is 0 Å². The van der Waals surface area contributed by atoms with Crippen molar-refractivity contribution in [2.45, 2.75) is 50.6 Å². The third-order valence-electron chi connectivity index (χ3n) is 4.69. The summed E-state index contributed by atoms with van der Waals surface area (Å²) < 4.78 is 0. The summed E-state index contributed by atoms with van der Waals surface area (Å²) in [7, 11) is 0. The van der Waals surface area contributed by atoms with E-state index in [4.69, 9.17) is 5.32 Å². The molecule has 0 saturated carbocycles. The second-order valence-electron chi connectivity index (χ2n) is 6.00. The second kappa shape index (κ2) is 7.31. The summed E-state index contributed by atoms with van der Waals surface area (Å²) in [5, 5.41) is 4.71. The summed E-state index contributed by atoms with van der Waals surface area (Å²) in [5.41, 5.74) is 0. The van der Waals surface area contributed by atoms with Crippen LogP contribution in [-0.2, 0) is 0 Å². The third-order valence-corrected chi connectivity index (χ3v) is 4.69. The van der Waals surface area contributed by atoms with Gasteiger partial charge in [0.15, 0.2) is 0 Å². The normalized spacial score (nSPS) is 34.0. The largest absolute Gasteiger partial charge is 1.00 e. The van der Waals surface area contributed by atoms with Crippen molar-refractivity contribution in [2.75, 3.05) is 39.3 Å². The first-order valence-corrected chi connectivity index (χ1v) is 7.55. The van der Waals surface area contributed by atoms with E-state index in [1.807, 2.05) is 0 Å². The smallest absolute Gasteiger partial charge is 0.658 e. The Kier molecular flexibility index (Phi) is 6.04. The predicted octanol–water partition coefficient (Wildman–Crippen LogP) is -0.913. The molecule has 18 heavy (non-hydrogen) atoms. The topological polar surface area (TPSA) is 20.6 Å². The van der Waals surface area contributed by atoms with Crippen LogP contribution >= 0.6 is 0 Å². The summed E-state index contributed by atoms with van der Waals surface area (Å²) in [6, 6.07) is 1.50. The maximum atomic E-state index is 4.71. The van der Waals surface area contributed by atoms with Gasteiger partial charge in [-0.2, -0.15) is 0 Å². The number of nitrogens with zero attached hydrogens (tertiary/aromatic N) is 3. The number of hydrogen-bond donors (Lipinski definition) is 0. The van der Waals surface area contributed by atoms with Gasteiger partial charge in [-0.25, -0.2) is 0 Å². The molecule has 2 atom stereocenters. The van der Waals surface area contributed by atoms with Crippen LogP contribution in [-0.4, -0.2) is 61.2 Å². The van der Waals surface area contributed by atoms with Crippen molar-refractivity contribution < 1.29 is 18.9 Å². The molecule has 0 aromatic heterocycles. The zero-order valence-electron chi connectivity index (χ0n) is 12.0. The molecule has 0 bridgehead atoms. The van der Waals surface area contributed by atoms with Crippen molar-refractivity contribution >= 4 is 0 Å². The van der Waals surface area contributed by atoms with E-state index in [-0.39, 0.29) is 18.9 Å². The predicted molar refractivity (Wildman–Crippen MR) is 71.5 cm³/mol. The van der Waals surface area contributed by atoms with Gasteiger partial charge in [0, 0.05) is 12.6 Å². The summed E-state index contributed by atoms with van der Waals surface area (Å²) in [5.74, 6) is 0. The first kappa shape index (κ1) is 14.9. The first-order chi connectivity index (χ1) is 8.42. The molecule has 0 radical (unpaired) electrons. The molecule has 0 amide bonds. The minimum absolute atomic E-state index is 0. The van der Waals surface area contributed by atoms with Crippen molar-refractivity contribution in [1.29, 1.82) is 0 Å². The molecule has 4 heteroatoms. The van der Waals surface area contributed by atoms with Gasteiger partial charge < -0.3 is 15.1 Å². The zero-order chi connectivity index (χ0) is 11.5.